The number of nitrogens with one attached hydrogen (secondary N) is 1. The fourth-order valence-electron chi connectivity index (χ4n) is 1.95. The van der Waals surface area contributed by atoms with Gasteiger partial charge in [0, 0.05) is 5.56 Å². The highest BCUT2D eigenvalue weighted by atomic mass is 35.5. The van der Waals surface area contributed by atoms with Crippen molar-refractivity contribution in [3.63, 3.8) is 0 Å². The van der Waals surface area contributed by atoms with Crippen molar-refractivity contribution in [3.05, 3.63) is 34.6 Å². The summed E-state index contributed by atoms with van der Waals surface area (Å²) in [5.41, 5.74) is 0.279. The third-order valence-corrected chi connectivity index (χ3v) is 3.15. The molecule has 0 bridgehead atoms. The first kappa shape index (κ1) is 11.6. The van der Waals surface area contributed by atoms with Gasteiger partial charge in [0.25, 0.3) is 0 Å². The Bertz CT molecular complexity index is 402. The van der Waals surface area contributed by atoms with Gasteiger partial charge < -0.3 is 5.32 Å². The zero-order valence-electron chi connectivity index (χ0n) is 8.80. The zero-order valence-corrected chi connectivity index (χ0v) is 9.56. The molecule has 1 fully saturated rings. The number of carbonyl (C=O) groups is 1. The summed E-state index contributed by atoms with van der Waals surface area (Å²) in [6.07, 6.45) is 2.91. The number of halogens is 2. The average Bonchev–Trinajstić information content (AvgIpc) is 2.32. The fourth-order valence-corrected chi connectivity index (χ4v) is 2.16. The number of rotatable bonds is 2. The zero-order chi connectivity index (χ0) is 11.5. The van der Waals surface area contributed by atoms with E-state index >= 15 is 0 Å². The number of ketones is 1. The second-order valence-electron chi connectivity index (χ2n) is 3.99. The molecule has 1 atom stereocenters. The lowest BCUT2D eigenvalue weighted by Gasteiger charge is -2.22. The molecule has 86 valence electrons. The van der Waals surface area contributed by atoms with Crippen LogP contribution < -0.4 is 5.32 Å². The van der Waals surface area contributed by atoms with Gasteiger partial charge in [-0.1, -0.05) is 18.0 Å². The third kappa shape index (κ3) is 2.42. The van der Waals surface area contributed by atoms with E-state index in [-0.39, 0.29) is 17.4 Å². The van der Waals surface area contributed by atoms with Gasteiger partial charge in [0.15, 0.2) is 5.78 Å². The van der Waals surface area contributed by atoms with Crippen LogP contribution in [0, 0.1) is 5.82 Å². The van der Waals surface area contributed by atoms with Crippen LogP contribution in [0.25, 0.3) is 0 Å². The molecule has 4 heteroatoms. The van der Waals surface area contributed by atoms with Gasteiger partial charge in [0.1, 0.15) is 5.82 Å². The monoisotopic (exact) mass is 241 g/mol. The number of carbonyl (C=O) groups excluding carboxylic acids is 1. The number of hydrogen-bond acceptors (Lipinski definition) is 2. The van der Waals surface area contributed by atoms with E-state index < -0.39 is 5.82 Å². The maximum absolute atomic E-state index is 13.0. The van der Waals surface area contributed by atoms with Crippen LogP contribution in [0.3, 0.4) is 0 Å². The molecule has 1 N–H and O–H groups in total. The van der Waals surface area contributed by atoms with Gasteiger partial charge in [0.05, 0.1) is 11.1 Å². The summed E-state index contributed by atoms with van der Waals surface area (Å²) in [7, 11) is 0. The number of Topliss-reactive ketones (excluding diaryl/α,β-unsaturated/α-hetero) is 1. The first-order chi connectivity index (χ1) is 7.68. The molecule has 1 aliphatic rings. The van der Waals surface area contributed by atoms with E-state index in [1.165, 1.54) is 18.2 Å². The summed E-state index contributed by atoms with van der Waals surface area (Å²) in [6.45, 7) is 0.837. The Morgan fingerprint density at radius 2 is 2.25 bits per heavy atom. The molecule has 0 radical (unpaired) electrons. The minimum atomic E-state index is -0.427. The van der Waals surface area contributed by atoms with E-state index in [0.29, 0.717) is 5.02 Å². The lowest BCUT2D eigenvalue weighted by molar-refractivity contribution is 0.0927. The van der Waals surface area contributed by atoms with Crippen LogP contribution in [0.1, 0.15) is 29.6 Å². The number of hydrogen-bond donors (Lipinski definition) is 1. The molecule has 16 heavy (non-hydrogen) atoms. The van der Waals surface area contributed by atoms with Crippen LogP contribution in [-0.4, -0.2) is 18.4 Å². The van der Waals surface area contributed by atoms with Crippen molar-refractivity contribution in [3.8, 4) is 0 Å². The predicted octanol–water partition coefficient (Wildman–Crippen LogP) is 2.80. The maximum atomic E-state index is 13.0. The van der Waals surface area contributed by atoms with Crippen molar-refractivity contribution in [1.29, 1.82) is 0 Å². The first-order valence-electron chi connectivity index (χ1n) is 5.41. The van der Waals surface area contributed by atoms with E-state index in [9.17, 15) is 9.18 Å². The fraction of sp³-hybridized carbons (Fsp3) is 0.417. The molecule has 0 aromatic heterocycles. The topological polar surface area (TPSA) is 29.1 Å². The molecular weight excluding hydrogens is 229 g/mol. The highest BCUT2D eigenvalue weighted by Gasteiger charge is 2.23. The van der Waals surface area contributed by atoms with Gasteiger partial charge in [0.2, 0.25) is 0 Å². The first-order valence-corrected chi connectivity index (χ1v) is 5.79. The number of benzene rings is 1. The molecule has 0 saturated carbocycles. The molecule has 0 spiro atoms. The van der Waals surface area contributed by atoms with Crippen molar-refractivity contribution in [1.82, 2.24) is 5.32 Å². The molecule has 0 aliphatic carbocycles. The lowest BCUT2D eigenvalue weighted by atomic mass is 9.96. The van der Waals surface area contributed by atoms with E-state index in [1.807, 2.05) is 0 Å². The number of piperidine rings is 1. The second-order valence-corrected chi connectivity index (χ2v) is 4.40. The molecule has 1 unspecified atom stereocenters. The molecule has 1 aromatic rings. The van der Waals surface area contributed by atoms with Crippen LogP contribution in [0.5, 0.6) is 0 Å². The van der Waals surface area contributed by atoms with E-state index in [4.69, 9.17) is 11.6 Å². The van der Waals surface area contributed by atoms with Crippen molar-refractivity contribution >= 4 is 17.4 Å². The van der Waals surface area contributed by atoms with Crippen LogP contribution in [0.2, 0.25) is 5.02 Å². The van der Waals surface area contributed by atoms with E-state index in [1.54, 1.807) is 0 Å². The summed E-state index contributed by atoms with van der Waals surface area (Å²) in [5.74, 6) is -0.534. The van der Waals surface area contributed by atoms with E-state index in [0.717, 1.165) is 25.8 Å². The molecule has 1 heterocycles. The molecular formula is C12H13ClFNO. The van der Waals surface area contributed by atoms with Crippen LogP contribution in [0.15, 0.2) is 18.2 Å². The van der Waals surface area contributed by atoms with Crippen molar-refractivity contribution < 1.29 is 9.18 Å². The predicted molar refractivity (Wildman–Crippen MR) is 61.4 cm³/mol. The van der Waals surface area contributed by atoms with E-state index in [2.05, 4.69) is 5.32 Å². The molecule has 1 aliphatic heterocycles. The van der Waals surface area contributed by atoms with Crippen molar-refractivity contribution in [2.24, 2.45) is 0 Å². The molecule has 1 aromatic carbocycles. The maximum Gasteiger partial charge on any atom is 0.181 e. The highest BCUT2D eigenvalue weighted by Crippen LogP contribution is 2.21. The highest BCUT2D eigenvalue weighted by molar-refractivity contribution is 6.34. The van der Waals surface area contributed by atoms with Crippen LogP contribution >= 0.6 is 11.6 Å². The molecule has 1 saturated heterocycles. The summed E-state index contributed by atoms with van der Waals surface area (Å²) in [4.78, 5) is 12.1. The Labute approximate surface area is 98.8 Å². The van der Waals surface area contributed by atoms with Crippen molar-refractivity contribution in [2.45, 2.75) is 25.3 Å². The average molecular weight is 242 g/mol. The van der Waals surface area contributed by atoms with Crippen LogP contribution in [-0.2, 0) is 0 Å². The molecule has 0 amide bonds. The van der Waals surface area contributed by atoms with Gasteiger partial charge in [-0.25, -0.2) is 4.39 Å². The van der Waals surface area contributed by atoms with Gasteiger partial charge in [-0.05, 0) is 37.6 Å². The Morgan fingerprint density at radius 1 is 1.44 bits per heavy atom. The second kappa shape index (κ2) is 4.93. The quantitative estimate of drug-likeness (QED) is 0.807. The lowest BCUT2D eigenvalue weighted by Crippen LogP contribution is -2.40. The standard InChI is InChI=1S/C12H13ClFNO/c13-10-5-4-8(14)7-9(10)12(16)11-3-1-2-6-15-11/h4-5,7,11,15H,1-3,6H2. The van der Waals surface area contributed by atoms with Gasteiger partial charge in [-0.15, -0.1) is 0 Å². The Hall–Kier alpha value is -0.930. The van der Waals surface area contributed by atoms with Crippen LogP contribution in [0.4, 0.5) is 4.39 Å². The summed E-state index contributed by atoms with van der Waals surface area (Å²) in [6, 6.07) is 3.68. The van der Waals surface area contributed by atoms with Gasteiger partial charge >= 0.3 is 0 Å². The normalized spacial score (nSPS) is 20.8. The SMILES string of the molecule is O=C(c1cc(F)ccc1Cl)C1CCCCN1. The molecule has 2 nitrogen and oxygen atoms in total. The van der Waals surface area contributed by atoms with Gasteiger partial charge in [-0.2, -0.15) is 0 Å². The summed E-state index contributed by atoms with van der Waals surface area (Å²) < 4.78 is 13.0. The molecule has 2 rings (SSSR count). The Balaban J connectivity index is 2.22. The smallest absolute Gasteiger partial charge is 0.181 e. The third-order valence-electron chi connectivity index (χ3n) is 2.82. The summed E-state index contributed by atoms with van der Waals surface area (Å²) in [5, 5.41) is 3.45. The summed E-state index contributed by atoms with van der Waals surface area (Å²) >= 11 is 5.90. The largest absolute Gasteiger partial charge is 0.307 e. The Kier molecular flexibility index (Phi) is 3.56. The minimum absolute atomic E-state index is 0.107. The minimum Gasteiger partial charge on any atom is -0.307 e. The van der Waals surface area contributed by atoms with Gasteiger partial charge in [-0.3, -0.25) is 4.79 Å². The Morgan fingerprint density at radius 3 is 2.94 bits per heavy atom. The van der Waals surface area contributed by atoms with Crippen molar-refractivity contribution in [2.75, 3.05) is 6.54 Å².